The minimum absolute atomic E-state index is 0.0919. The van der Waals surface area contributed by atoms with Crippen molar-refractivity contribution >= 4 is 15.7 Å². The number of hydrogen-bond donors (Lipinski definition) is 2. The maximum atomic E-state index is 12.1. The summed E-state index contributed by atoms with van der Waals surface area (Å²) in [5, 5.41) is 9.72. The van der Waals surface area contributed by atoms with Crippen LogP contribution >= 0.6 is 0 Å². The molecule has 2 heterocycles. The van der Waals surface area contributed by atoms with Gasteiger partial charge in [0.2, 0.25) is 5.91 Å². The van der Waals surface area contributed by atoms with Gasteiger partial charge >= 0.3 is 0 Å². The van der Waals surface area contributed by atoms with E-state index in [1.807, 2.05) is 30.3 Å². The van der Waals surface area contributed by atoms with Crippen molar-refractivity contribution < 1.29 is 13.2 Å². The smallest absolute Gasteiger partial charge is 0.234 e. The molecule has 1 fully saturated rings. The Morgan fingerprint density at radius 1 is 1.36 bits per heavy atom. The van der Waals surface area contributed by atoms with E-state index >= 15 is 0 Å². The van der Waals surface area contributed by atoms with Gasteiger partial charge in [-0.05, 0) is 13.5 Å². The zero-order valence-corrected chi connectivity index (χ0v) is 14.8. The number of amides is 1. The fourth-order valence-electron chi connectivity index (χ4n) is 2.81. The molecule has 2 aromatic rings. The van der Waals surface area contributed by atoms with E-state index in [1.165, 1.54) is 0 Å². The van der Waals surface area contributed by atoms with Crippen LogP contribution in [0.2, 0.25) is 0 Å². The summed E-state index contributed by atoms with van der Waals surface area (Å²) in [5.41, 5.74) is 0.901. The van der Waals surface area contributed by atoms with E-state index in [1.54, 1.807) is 11.9 Å². The van der Waals surface area contributed by atoms with E-state index in [2.05, 4.69) is 20.5 Å². The van der Waals surface area contributed by atoms with Crippen molar-refractivity contribution in [1.82, 2.24) is 25.4 Å². The molecule has 8 nitrogen and oxygen atoms in total. The lowest BCUT2D eigenvalue weighted by molar-refractivity contribution is -0.122. The van der Waals surface area contributed by atoms with Gasteiger partial charge in [0.1, 0.15) is 5.82 Å². The topological polar surface area (TPSA) is 108 Å². The molecule has 1 aliphatic rings. The summed E-state index contributed by atoms with van der Waals surface area (Å²) >= 11 is 0. The van der Waals surface area contributed by atoms with E-state index in [0.29, 0.717) is 18.1 Å². The van der Waals surface area contributed by atoms with E-state index in [-0.39, 0.29) is 36.5 Å². The van der Waals surface area contributed by atoms with Crippen LogP contribution in [0, 0.1) is 0 Å². The third kappa shape index (κ3) is 4.64. The van der Waals surface area contributed by atoms with Crippen LogP contribution in [-0.4, -0.2) is 65.5 Å². The molecule has 1 amide bonds. The number of likely N-dealkylation sites (N-methyl/N-ethyl adjacent to an activating group) is 1. The molecule has 0 spiro atoms. The summed E-state index contributed by atoms with van der Waals surface area (Å²) in [6.45, 7) is 0.398. The number of sulfone groups is 1. The normalized spacial score (nSPS) is 19.2. The molecule has 0 aliphatic carbocycles. The molecule has 1 aliphatic heterocycles. The standard InChI is InChI=1S/C16H21N5O3S/c1-21(13-7-8-25(23,24)11-13)10-15(22)17-9-14-18-16(20-19-14)12-5-3-2-4-6-12/h2-6,13H,7-11H2,1H3,(H,17,22)(H,18,19,20). The first-order valence-electron chi connectivity index (χ1n) is 8.07. The number of hydrogen-bond acceptors (Lipinski definition) is 6. The highest BCUT2D eigenvalue weighted by molar-refractivity contribution is 7.91. The van der Waals surface area contributed by atoms with Crippen molar-refractivity contribution in [2.24, 2.45) is 0 Å². The van der Waals surface area contributed by atoms with E-state index in [0.717, 1.165) is 5.56 Å². The van der Waals surface area contributed by atoms with Crippen molar-refractivity contribution in [3.8, 4) is 11.4 Å². The molecule has 2 N–H and O–H groups in total. The van der Waals surface area contributed by atoms with Gasteiger partial charge in [-0.25, -0.2) is 13.4 Å². The zero-order valence-electron chi connectivity index (χ0n) is 14.0. The number of nitrogens with one attached hydrogen (secondary N) is 2. The number of carbonyl (C=O) groups is 1. The Labute approximate surface area is 146 Å². The van der Waals surface area contributed by atoms with Crippen molar-refractivity contribution in [1.29, 1.82) is 0 Å². The summed E-state index contributed by atoms with van der Waals surface area (Å²) in [6.07, 6.45) is 0.578. The summed E-state index contributed by atoms with van der Waals surface area (Å²) in [6, 6.07) is 9.47. The Morgan fingerprint density at radius 3 is 2.80 bits per heavy atom. The molecule has 1 aromatic carbocycles. The van der Waals surface area contributed by atoms with Gasteiger partial charge < -0.3 is 5.32 Å². The molecule has 0 saturated carbocycles. The first kappa shape index (κ1) is 17.6. The number of carbonyl (C=O) groups excluding carboxylic acids is 1. The molecule has 3 rings (SSSR count). The highest BCUT2D eigenvalue weighted by Gasteiger charge is 2.31. The molecule has 1 aromatic heterocycles. The van der Waals surface area contributed by atoms with Gasteiger partial charge in [-0.3, -0.25) is 14.8 Å². The average molecular weight is 363 g/mol. The predicted molar refractivity (Wildman–Crippen MR) is 93.4 cm³/mol. The van der Waals surface area contributed by atoms with Crippen LogP contribution in [0.5, 0.6) is 0 Å². The quantitative estimate of drug-likeness (QED) is 0.759. The van der Waals surface area contributed by atoms with Gasteiger partial charge in [0, 0.05) is 11.6 Å². The highest BCUT2D eigenvalue weighted by atomic mass is 32.2. The van der Waals surface area contributed by atoms with Gasteiger partial charge in [-0.15, -0.1) is 0 Å². The van der Waals surface area contributed by atoms with Gasteiger partial charge in [0.25, 0.3) is 0 Å². The Kier molecular flexibility index (Phi) is 5.14. The molecular weight excluding hydrogens is 342 g/mol. The van der Waals surface area contributed by atoms with Crippen molar-refractivity contribution in [3.63, 3.8) is 0 Å². The molecule has 0 bridgehead atoms. The van der Waals surface area contributed by atoms with Gasteiger partial charge in [0.15, 0.2) is 15.7 Å². The van der Waals surface area contributed by atoms with Crippen molar-refractivity contribution in [3.05, 3.63) is 36.2 Å². The van der Waals surface area contributed by atoms with Crippen molar-refractivity contribution in [2.45, 2.75) is 19.0 Å². The van der Waals surface area contributed by atoms with Crippen LogP contribution < -0.4 is 5.32 Å². The largest absolute Gasteiger partial charge is 0.348 e. The molecule has 25 heavy (non-hydrogen) atoms. The zero-order chi connectivity index (χ0) is 17.9. The van der Waals surface area contributed by atoms with Crippen LogP contribution in [0.15, 0.2) is 30.3 Å². The maximum absolute atomic E-state index is 12.1. The average Bonchev–Trinajstić information content (AvgIpc) is 3.20. The Balaban J connectivity index is 1.49. The highest BCUT2D eigenvalue weighted by Crippen LogP contribution is 2.16. The predicted octanol–water partition coefficient (Wildman–Crippen LogP) is 0.207. The number of aromatic amines is 1. The lowest BCUT2D eigenvalue weighted by atomic mass is 10.2. The third-order valence-corrected chi connectivity index (χ3v) is 5.99. The molecule has 0 radical (unpaired) electrons. The fraction of sp³-hybridized carbons (Fsp3) is 0.438. The van der Waals surface area contributed by atoms with Crippen LogP contribution in [-0.2, 0) is 21.2 Å². The molecule has 134 valence electrons. The summed E-state index contributed by atoms with van der Waals surface area (Å²) in [4.78, 5) is 18.2. The molecule has 9 heteroatoms. The Bertz CT molecular complexity index is 834. The van der Waals surface area contributed by atoms with Gasteiger partial charge in [-0.1, -0.05) is 30.3 Å². The summed E-state index contributed by atoms with van der Waals surface area (Å²) in [7, 11) is -1.18. The number of benzene rings is 1. The fourth-order valence-corrected chi connectivity index (χ4v) is 4.61. The Hall–Kier alpha value is -2.26. The second-order valence-electron chi connectivity index (χ2n) is 6.22. The first-order valence-corrected chi connectivity index (χ1v) is 9.89. The second kappa shape index (κ2) is 7.32. The van der Waals surface area contributed by atoms with Crippen LogP contribution in [0.25, 0.3) is 11.4 Å². The van der Waals surface area contributed by atoms with E-state index < -0.39 is 9.84 Å². The summed E-state index contributed by atoms with van der Waals surface area (Å²) < 4.78 is 23.0. The van der Waals surface area contributed by atoms with Crippen LogP contribution in [0.1, 0.15) is 12.2 Å². The lowest BCUT2D eigenvalue weighted by Crippen LogP contribution is -2.41. The number of rotatable bonds is 6. The molecule has 1 saturated heterocycles. The molecule has 1 unspecified atom stereocenters. The van der Waals surface area contributed by atoms with Gasteiger partial charge in [0.05, 0.1) is 24.6 Å². The lowest BCUT2D eigenvalue weighted by Gasteiger charge is -2.22. The van der Waals surface area contributed by atoms with Crippen LogP contribution in [0.4, 0.5) is 0 Å². The Morgan fingerprint density at radius 2 is 2.12 bits per heavy atom. The van der Waals surface area contributed by atoms with E-state index in [9.17, 15) is 13.2 Å². The third-order valence-electron chi connectivity index (χ3n) is 4.24. The molecular formula is C16H21N5O3S. The molecule has 1 atom stereocenters. The SMILES string of the molecule is CN(CC(=O)NCc1nc(-c2ccccc2)n[nH]1)C1CCS(=O)(=O)C1. The number of nitrogens with zero attached hydrogens (tertiary/aromatic N) is 3. The number of aromatic nitrogens is 3. The van der Waals surface area contributed by atoms with Crippen LogP contribution in [0.3, 0.4) is 0 Å². The first-order chi connectivity index (χ1) is 11.9. The summed E-state index contributed by atoms with van der Waals surface area (Å²) in [5.74, 6) is 1.30. The minimum atomic E-state index is -2.95. The number of H-pyrrole nitrogens is 1. The maximum Gasteiger partial charge on any atom is 0.234 e. The monoisotopic (exact) mass is 363 g/mol. The van der Waals surface area contributed by atoms with Gasteiger partial charge in [-0.2, -0.15) is 5.10 Å². The second-order valence-corrected chi connectivity index (χ2v) is 8.45. The van der Waals surface area contributed by atoms with Crippen molar-refractivity contribution in [2.75, 3.05) is 25.1 Å². The van der Waals surface area contributed by atoms with E-state index in [4.69, 9.17) is 0 Å². The minimum Gasteiger partial charge on any atom is -0.348 e.